The van der Waals surface area contributed by atoms with Crippen LogP contribution >= 0.6 is 0 Å². The molecule has 5 heteroatoms. The van der Waals surface area contributed by atoms with Crippen LogP contribution in [0.4, 0.5) is 0 Å². The minimum absolute atomic E-state index is 0.165. The highest BCUT2D eigenvalue weighted by atomic mass is 16.6. The van der Waals surface area contributed by atoms with Crippen molar-refractivity contribution in [1.82, 2.24) is 4.90 Å². The van der Waals surface area contributed by atoms with Crippen LogP contribution in [0.3, 0.4) is 0 Å². The fraction of sp³-hybridized carbons (Fsp3) is 0.406. The van der Waals surface area contributed by atoms with E-state index in [-0.39, 0.29) is 17.9 Å². The molecule has 0 radical (unpaired) electrons. The largest absolute Gasteiger partial charge is 0.459 e. The Morgan fingerprint density at radius 3 is 1.84 bits per heavy atom. The first kappa shape index (κ1) is 27.1. The van der Waals surface area contributed by atoms with Gasteiger partial charge in [0.05, 0.1) is 18.8 Å². The Kier molecular flexibility index (Phi) is 8.48. The van der Waals surface area contributed by atoms with E-state index in [9.17, 15) is 9.90 Å². The Bertz CT molecular complexity index is 1090. The zero-order valence-corrected chi connectivity index (χ0v) is 22.5. The number of nitrogens with zero attached hydrogens (tertiary/aromatic N) is 1. The lowest BCUT2D eigenvalue weighted by molar-refractivity contribution is -0.172. The van der Waals surface area contributed by atoms with Crippen molar-refractivity contribution in [1.29, 1.82) is 0 Å². The van der Waals surface area contributed by atoms with Crippen molar-refractivity contribution in [3.8, 4) is 0 Å². The van der Waals surface area contributed by atoms with Crippen molar-refractivity contribution in [2.45, 2.75) is 70.6 Å². The molecule has 1 saturated heterocycles. The van der Waals surface area contributed by atoms with E-state index in [4.69, 9.17) is 9.47 Å². The highest BCUT2D eigenvalue weighted by Crippen LogP contribution is 2.43. The number of carbonyl (C=O) groups excluding carboxylic acids is 1. The van der Waals surface area contributed by atoms with E-state index in [1.54, 1.807) is 0 Å². The smallest absolute Gasteiger partial charge is 0.326 e. The van der Waals surface area contributed by atoms with E-state index in [1.165, 1.54) is 0 Å². The number of aliphatic hydroxyl groups is 1. The minimum atomic E-state index is -0.947. The molecule has 1 aliphatic heterocycles. The first-order valence-electron chi connectivity index (χ1n) is 13.1. The molecule has 1 heterocycles. The van der Waals surface area contributed by atoms with Gasteiger partial charge in [0.1, 0.15) is 17.9 Å². The standard InChI is InChI=1S/C32H39NO4/c1-22(2)29(34)28(31(35)37-32(3,4)5)33-26(23-15-9-6-10-16-23)21-36-30(33)27(24-17-11-7-12-18-24)25-19-13-8-14-20-25/h6-20,22,26-30,34H,21H2,1-5H3. The molecule has 0 bridgehead atoms. The highest BCUT2D eigenvalue weighted by Gasteiger charge is 2.50. The number of ether oxygens (including phenoxy) is 2. The summed E-state index contributed by atoms with van der Waals surface area (Å²) < 4.78 is 12.5. The lowest BCUT2D eigenvalue weighted by atomic mass is 9.87. The summed E-state index contributed by atoms with van der Waals surface area (Å²) in [5, 5.41) is 11.5. The average Bonchev–Trinajstić information content (AvgIpc) is 3.29. The molecule has 1 N–H and O–H groups in total. The molecule has 1 aliphatic rings. The summed E-state index contributed by atoms with van der Waals surface area (Å²) in [6.07, 6.45) is -1.45. The fourth-order valence-corrected chi connectivity index (χ4v) is 5.11. The second-order valence-corrected chi connectivity index (χ2v) is 11.1. The summed E-state index contributed by atoms with van der Waals surface area (Å²) in [5.74, 6) is -0.785. The van der Waals surface area contributed by atoms with Crippen LogP contribution in [0.15, 0.2) is 91.0 Å². The zero-order valence-electron chi connectivity index (χ0n) is 22.5. The number of carbonyl (C=O) groups is 1. The van der Waals surface area contributed by atoms with Gasteiger partial charge in [-0.05, 0) is 43.4 Å². The summed E-state index contributed by atoms with van der Waals surface area (Å²) in [6.45, 7) is 9.82. The molecule has 4 rings (SSSR count). The lowest BCUT2D eigenvalue weighted by Gasteiger charge is -2.41. The van der Waals surface area contributed by atoms with Gasteiger partial charge < -0.3 is 14.6 Å². The second kappa shape index (κ2) is 11.6. The van der Waals surface area contributed by atoms with Gasteiger partial charge in [-0.15, -0.1) is 0 Å². The van der Waals surface area contributed by atoms with Crippen LogP contribution < -0.4 is 0 Å². The maximum absolute atomic E-state index is 13.8. The van der Waals surface area contributed by atoms with Crippen LogP contribution in [0.25, 0.3) is 0 Å². The highest BCUT2D eigenvalue weighted by molar-refractivity contribution is 5.77. The number of benzene rings is 3. The van der Waals surface area contributed by atoms with Gasteiger partial charge in [0.25, 0.3) is 0 Å². The molecule has 196 valence electrons. The normalized spacial score (nSPS) is 20.2. The number of hydrogen-bond acceptors (Lipinski definition) is 5. The quantitative estimate of drug-likeness (QED) is 0.387. The fourth-order valence-electron chi connectivity index (χ4n) is 5.11. The summed E-state index contributed by atoms with van der Waals surface area (Å²) in [4.78, 5) is 15.9. The van der Waals surface area contributed by atoms with Gasteiger partial charge in [0, 0.05) is 5.92 Å². The van der Waals surface area contributed by atoms with Gasteiger partial charge in [-0.1, -0.05) is 105 Å². The van der Waals surface area contributed by atoms with Gasteiger partial charge in [-0.3, -0.25) is 9.69 Å². The Balaban J connectivity index is 1.88. The van der Waals surface area contributed by atoms with Gasteiger partial charge in [0.2, 0.25) is 0 Å². The number of rotatable bonds is 8. The van der Waals surface area contributed by atoms with Crippen molar-refractivity contribution in [2.75, 3.05) is 6.61 Å². The van der Waals surface area contributed by atoms with Crippen LogP contribution in [0.2, 0.25) is 0 Å². The van der Waals surface area contributed by atoms with Crippen LogP contribution in [-0.2, 0) is 14.3 Å². The maximum atomic E-state index is 13.8. The third-order valence-corrected chi connectivity index (χ3v) is 6.84. The topological polar surface area (TPSA) is 59.0 Å². The summed E-state index contributed by atoms with van der Waals surface area (Å²) in [6, 6.07) is 29.4. The molecule has 37 heavy (non-hydrogen) atoms. The van der Waals surface area contributed by atoms with Crippen LogP contribution in [0.5, 0.6) is 0 Å². The zero-order chi connectivity index (χ0) is 26.6. The van der Waals surface area contributed by atoms with E-state index >= 15 is 0 Å². The van der Waals surface area contributed by atoms with Crippen LogP contribution in [0.1, 0.15) is 63.3 Å². The Morgan fingerprint density at radius 1 is 0.892 bits per heavy atom. The monoisotopic (exact) mass is 501 g/mol. The van der Waals surface area contributed by atoms with E-state index in [0.29, 0.717) is 6.61 Å². The summed E-state index contributed by atoms with van der Waals surface area (Å²) in [7, 11) is 0. The Morgan fingerprint density at radius 2 is 1.38 bits per heavy atom. The van der Waals surface area contributed by atoms with Crippen molar-refractivity contribution >= 4 is 5.97 Å². The van der Waals surface area contributed by atoms with Gasteiger partial charge in [-0.25, -0.2) is 0 Å². The molecule has 3 aromatic carbocycles. The van der Waals surface area contributed by atoms with E-state index < -0.39 is 29.9 Å². The molecule has 0 saturated carbocycles. The molecule has 1 fully saturated rings. The predicted molar refractivity (Wildman–Crippen MR) is 146 cm³/mol. The summed E-state index contributed by atoms with van der Waals surface area (Å²) in [5.41, 5.74) is 2.51. The average molecular weight is 502 g/mol. The van der Waals surface area contributed by atoms with Crippen molar-refractivity contribution in [2.24, 2.45) is 5.92 Å². The minimum Gasteiger partial charge on any atom is -0.459 e. The predicted octanol–water partition coefficient (Wildman–Crippen LogP) is 5.95. The first-order chi connectivity index (χ1) is 17.7. The molecular weight excluding hydrogens is 462 g/mol. The van der Waals surface area contributed by atoms with E-state index in [2.05, 4.69) is 41.3 Å². The van der Waals surface area contributed by atoms with Gasteiger partial charge >= 0.3 is 5.97 Å². The van der Waals surface area contributed by atoms with Crippen molar-refractivity contribution < 1.29 is 19.4 Å². The van der Waals surface area contributed by atoms with Crippen LogP contribution in [0, 0.1) is 5.92 Å². The third-order valence-electron chi connectivity index (χ3n) is 6.84. The van der Waals surface area contributed by atoms with Gasteiger partial charge in [0.15, 0.2) is 0 Å². The molecule has 4 unspecified atom stereocenters. The molecule has 0 amide bonds. The molecule has 4 atom stereocenters. The number of hydrogen-bond donors (Lipinski definition) is 1. The third kappa shape index (κ3) is 6.30. The van der Waals surface area contributed by atoms with Gasteiger partial charge in [-0.2, -0.15) is 0 Å². The molecule has 0 aliphatic carbocycles. The second-order valence-electron chi connectivity index (χ2n) is 11.1. The lowest BCUT2D eigenvalue weighted by Crippen LogP contribution is -2.56. The molecule has 0 aromatic heterocycles. The molecule has 0 spiro atoms. The molecule has 5 nitrogen and oxygen atoms in total. The number of aliphatic hydroxyl groups excluding tert-OH is 1. The van der Waals surface area contributed by atoms with Crippen LogP contribution in [-0.4, -0.2) is 46.6 Å². The Hall–Kier alpha value is -2.99. The van der Waals surface area contributed by atoms with Crippen molar-refractivity contribution in [3.05, 3.63) is 108 Å². The summed E-state index contributed by atoms with van der Waals surface area (Å²) >= 11 is 0. The molecule has 3 aromatic rings. The maximum Gasteiger partial charge on any atom is 0.326 e. The van der Waals surface area contributed by atoms with Crippen molar-refractivity contribution in [3.63, 3.8) is 0 Å². The molecular formula is C32H39NO4. The number of esters is 1. The Labute approximate surface area is 221 Å². The van der Waals surface area contributed by atoms with E-state index in [0.717, 1.165) is 16.7 Å². The SMILES string of the molecule is CC(C)C(O)C(C(=O)OC(C)(C)C)N1C(c2ccccc2)COC1C(c1ccccc1)c1ccccc1. The first-order valence-corrected chi connectivity index (χ1v) is 13.1. The van der Waals surface area contributed by atoms with E-state index in [1.807, 2.05) is 89.2 Å².